The lowest BCUT2D eigenvalue weighted by molar-refractivity contribution is -0.204. The van der Waals surface area contributed by atoms with Crippen LogP contribution in [-0.2, 0) is 38.1 Å². The molecule has 0 aliphatic heterocycles. The summed E-state index contributed by atoms with van der Waals surface area (Å²) in [5.74, 6) is -10.4. The van der Waals surface area contributed by atoms with Gasteiger partial charge in [0.15, 0.2) is 0 Å². The van der Waals surface area contributed by atoms with Crippen molar-refractivity contribution >= 4 is 23.9 Å². The molecular formula is C17H22O10. The molecule has 0 aromatic rings. The van der Waals surface area contributed by atoms with Crippen LogP contribution in [0.15, 0.2) is 11.3 Å². The Morgan fingerprint density at radius 3 is 1.93 bits per heavy atom. The number of esters is 4. The Morgan fingerprint density at radius 2 is 1.44 bits per heavy atom. The zero-order valence-corrected chi connectivity index (χ0v) is 15.4. The van der Waals surface area contributed by atoms with Crippen molar-refractivity contribution in [2.45, 2.75) is 18.4 Å². The van der Waals surface area contributed by atoms with E-state index >= 15 is 0 Å². The van der Waals surface area contributed by atoms with E-state index in [1.54, 1.807) is 0 Å². The van der Waals surface area contributed by atoms with Gasteiger partial charge in [-0.3, -0.25) is 14.4 Å². The number of carbonyl (C=O) groups excluding carboxylic acids is 4. The minimum atomic E-state index is -2.40. The lowest BCUT2D eigenvalue weighted by atomic mass is 9.53. The molecule has 150 valence electrons. The van der Waals surface area contributed by atoms with E-state index < -0.39 is 58.9 Å². The van der Waals surface area contributed by atoms with Crippen molar-refractivity contribution in [3.63, 3.8) is 0 Å². The van der Waals surface area contributed by atoms with Gasteiger partial charge in [0, 0.05) is 5.92 Å². The van der Waals surface area contributed by atoms with E-state index in [9.17, 15) is 29.4 Å². The normalized spacial score (nSPS) is 32.3. The molecule has 2 aliphatic carbocycles. The first-order chi connectivity index (χ1) is 12.7. The van der Waals surface area contributed by atoms with E-state index in [1.807, 2.05) is 0 Å². The second-order valence-electron chi connectivity index (χ2n) is 6.39. The number of fused-ring (bicyclic) bond motifs is 2. The van der Waals surface area contributed by atoms with Gasteiger partial charge in [0.25, 0.3) is 0 Å². The first-order valence-corrected chi connectivity index (χ1v) is 8.17. The van der Waals surface area contributed by atoms with Gasteiger partial charge in [0.1, 0.15) is 17.3 Å². The van der Waals surface area contributed by atoms with Crippen molar-refractivity contribution in [3.05, 3.63) is 11.3 Å². The Hall–Kier alpha value is -2.62. The van der Waals surface area contributed by atoms with Crippen molar-refractivity contribution in [2.24, 2.45) is 23.7 Å². The van der Waals surface area contributed by atoms with Crippen LogP contribution in [0, 0.1) is 23.7 Å². The molecule has 0 radical (unpaired) electrons. The molecule has 1 saturated carbocycles. The average Bonchev–Trinajstić information content (AvgIpc) is 2.65. The summed E-state index contributed by atoms with van der Waals surface area (Å²) in [6.45, 7) is 0. The fourth-order valence-corrected chi connectivity index (χ4v) is 4.25. The van der Waals surface area contributed by atoms with E-state index in [0.29, 0.717) is 0 Å². The standard InChI is InChI=1S/C17H22O10/c1-24-13(19)8-6-5-7-9(14(20)25-2)12(18)11(16(22)27-4)17(8,23)10(7)15(21)26-3/h7-8,10-11,18,23H,5-6H2,1-4H3. The van der Waals surface area contributed by atoms with Crippen LogP contribution >= 0.6 is 0 Å². The number of methoxy groups -OCH3 is 4. The molecule has 0 aromatic heterocycles. The summed E-state index contributed by atoms with van der Waals surface area (Å²) in [6, 6.07) is 0. The summed E-state index contributed by atoms with van der Waals surface area (Å²) in [5.41, 5.74) is -2.73. The SMILES string of the molecule is COC(=O)C1=C(O)C(C(=O)OC)C2(O)C(C(=O)OC)CCC1C2C(=O)OC. The summed E-state index contributed by atoms with van der Waals surface area (Å²) in [7, 11) is 4.24. The number of rotatable bonds is 4. The number of hydrogen-bond donors (Lipinski definition) is 2. The highest BCUT2D eigenvalue weighted by atomic mass is 16.5. The Kier molecular flexibility index (Phi) is 5.79. The molecule has 2 bridgehead atoms. The van der Waals surface area contributed by atoms with Gasteiger partial charge in [-0.25, -0.2) is 4.79 Å². The number of aliphatic hydroxyl groups is 2. The molecule has 0 amide bonds. The minimum Gasteiger partial charge on any atom is -0.511 e. The van der Waals surface area contributed by atoms with Crippen molar-refractivity contribution < 1.29 is 48.3 Å². The molecule has 2 rings (SSSR count). The number of ether oxygens (including phenoxy) is 4. The fraction of sp³-hybridized carbons (Fsp3) is 0.647. The van der Waals surface area contributed by atoms with Gasteiger partial charge in [-0.15, -0.1) is 0 Å². The van der Waals surface area contributed by atoms with Crippen LogP contribution in [0.2, 0.25) is 0 Å². The van der Waals surface area contributed by atoms with Crippen molar-refractivity contribution in [1.29, 1.82) is 0 Å². The maximum atomic E-state index is 12.5. The smallest absolute Gasteiger partial charge is 0.337 e. The molecule has 2 aliphatic rings. The number of carbonyl (C=O) groups is 4. The van der Waals surface area contributed by atoms with Crippen LogP contribution < -0.4 is 0 Å². The van der Waals surface area contributed by atoms with Crippen LogP contribution in [-0.4, -0.2) is 68.1 Å². The van der Waals surface area contributed by atoms with Gasteiger partial charge in [0.05, 0.1) is 45.8 Å². The predicted octanol–water partition coefficient (Wildman–Crippen LogP) is -0.506. The topological polar surface area (TPSA) is 146 Å². The van der Waals surface area contributed by atoms with E-state index in [2.05, 4.69) is 9.47 Å². The molecule has 5 unspecified atom stereocenters. The largest absolute Gasteiger partial charge is 0.511 e. The Morgan fingerprint density at radius 1 is 0.889 bits per heavy atom. The highest BCUT2D eigenvalue weighted by molar-refractivity contribution is 5.95. The highest BCUT2D eigenvalue weighted by Crippen LogP contribution is 2.55. The molecular weight excluding hydrogens is 364 g/mol. The summed E-state index contributed by atoms with van der Waals surface area (Å²) >= 11 is 0. The molecule has 1 fully saturated rings. The third-order valence-electron chi connectivity index (χ3n) is 5.39. The van der Waals surface area contributed by atoms with Gasteiger partial charge in [0.2, 0.25) is 0 Å². The zero-order chi connectivity index (χ0) is 20.5. The maximum absolute atomic E-state index is 12.5. The van der Waals surface area contributed by atoms with Crippen LogP contribution in [0.5, 0.6) is 0 Å². The molecule has 0 aromatic carbocycles. The van der Waals surface area contributed by atoms with Gasteiger partial charge in [-0.2, -0.15) is 0 Å². The van der Waals surface area contributed by atoms with E-state index in [1.165, 1.54) is 0 Å². The number of hydrogen-bond acceptors (Lipinski definition) is 10. The number of aliphatic hydroxyl groups excluding tert-OH is 1. The highest BCUT2D eigenvalue weighted by Gasteiger charge is 2.68. The molecule has 27 heavy (non-hydrogen) atoms. The van der Waals surface area contributed by atoms with Gasteiger partial charge in [-0.1, -0.05) is 0 Å². The second-order valence-corrected chi connectivity index (χ2v) is 6.39. The molecule has 0 heterocycles. The monoisotopic (exact) mass is 386 g/mol. The van der Waals surface area contributed by atoms with Gasteiger partial charge >= 0.3 is 23.9 Å². The van der Waals surface area contributed by atoms with Crippen molar-refractivity contribution in [2.75, 3.05) is 28.4 Å². The van der Waals surface area contributed by atoms with Crippen molar-refractivity contribution in [3.8, 4) is 0 Å². The lowest BCUT2D eigenvalue weighted by Gasteiger charge is -2.52. The van der Waals surface area contributed by atoms with E-state index in [4.69, 9.17) is 9.47 Å². The molecule has 5 atom stereocenters. The maximum Gasteiger partial charge on any atom is 0.337 e. The molecule has 10 nitrogen and oxygen atoms in total. The predicted molar refractivity (Wildman–Crippen MR) is 85.9 cm³/mol. The summed E-state index contributed by atoms with van der Waals surface area (Å²) in [6.07, 6.45) is 0.0762. The zero-order valence-electron chi connectivity index (χ0n) is 15.4. The molecule has 2 N–H and O–H groups in total. The third kappa shape index (κ3) is 2.93. The van der Waals surface area contributed by atoms with Crippen LogP contribution in [0.1, 0.15) is 12.8 Å². The first kappa shape index (κ1) is 20.7. The first-order valence-electron chi connectivity index (χ1n) is 8.17. The molecule has 0 spiro atoms. The second kappa shape index (κ2) is 7.55. The van der Waals surface area contributed by atoms with Crippen LogP contribution in [0.4, 0.5) is 0 Å². The molecule has 0 saturated heterocycles. The summed E-state index contributed by atoms with van der Waals surface area (Å²) in [5, 5.41) is 22.1. The van der Waals surface area contributed by atoms with Gasteiger partial charge in [-0.05, 0) is 12.8 Å². The van der Waals surface area contributed by atoms with E-state index in [0.717, 1.165) is 28.4 Å². The summed E-state index contributed by atoms with van der Waals surface area (Å²) < 4.78 is 18.8. The quantitative estimate of drug-likeness (QED) is 0.478. The summed E-state index contributed by atoms with van der Waals surface area (Å²) in [4.78, 5) is 49.5. The van der Waals surface area contributed by atoms with Gasteiger partial charge < -0.3 is 29.2 Å². The third-order valence-corrected chi connectivity index (χ3v) is 5.39. The van der Waals surface area contributed by atoms with Crippen molar-refractivity contribution in [1.82, 2.24) is 0 Å². The van der Waals surface area contributed by atoms with Crippen LogP contribution in [0.3, 0.4) is 0 Å². The minimum absolute atomic E-state index is 0.00258. The Balaban J connectivity index is 2.82. The molecule has 10 heteroatoms. The fourth-order valence-electron chi connectivity index (χ4n) is 4.25. The Labute approximate surface area is 155 Å². The van der Waals surface area contributed by atoms with Crippen LogP contribution in [0.25, 0.3) is 0 Å². The Bertz CT molecular complexity index is 696. The lowest BCUT2D eigenvalue weighted by Crippen LogP contribution is -2.66. The van der Waals surface area contributed by atoms with E-state index in [-0.39, 0.29) is 18.4 Å². The average molecular weight is 386 g/mol.